The maximum absolute atomic E-state index is 10.7. The van der Waals surface area contributed by atoms with E-state index >= 15 is 0 Å². The predicted octanol–water partition coefficient (Wildman–Crippen LogP) is 2.02. The molecule has 0 bridgehead atoms. The fourth-order valence-corrected chi connectivity index (χ4v) is 1.64. The monoisotopic (exact) mass is 188 g/mol. The highest BCUT2D eigenvalue weighted by atomic mass is 16.1. The standard InChI is InChI=1S/C11H12N2O/c1-3-9-6-13-10(7-14)5-12-11(13)4-8(9)2/h4-7H,3H2,1-2H3. The van der Waals surface area contributed by atoms with Crippen LogP contribution in [0.1, 0.15) is 28.5 Å². The Morgan fingerprint density at radius 2 is 2.36 bits per heavy atom. The smallest absolute Gasteiger partial charge is 0.168 e. The quantitative estimate of drug-likeness (QED) is 0.676. The highest BCUT2D eigenvalue weighted by Crippen LogP contribution is 2.13. The predicted molar refractivity (Wildman–Crippen MR) is 54.7 cm³/mol. The van der Waals surface area contributed by atoms with Crippen molar-refractivity contribution >= 4 is 11.9 Å². The van der Waals surface area contributed by atoms with Gasteiger partial charge in [-0.2, -0.15) is 0 Å². The first-order chi connectivity index (χ1) is 6.76. The Hall–Kier alpha value is -1.64. The molecule has 2 aromatic rings. The van der Waals surface area contributed by atoms with E-state index in [0.717, 1.165) is 18.4 Å². The van der Waals surface area contributed by atoms with Gasteiger partial charge in [0, 0.05) is 6.20 Å². The van der Waals surface area contributed by atoms with Crippen LogP contribution in [0.2, 0.25) is 0 Å². The van der Waals surface area contributed by atoms with E-state index < -0.39 is 0 Å². The molecule has 0 unspecified atom stereocenters. The van der Waals surface area contributed by atoms with Crippen LogP contribution in [0.3, 0.4) is 0 Å². The molecule has 2 rings (SSSR count). The second-order valence-electron chi connectivity index (χ2n) is 3.36. The van der Waals surface area contributed by atoms with Gasteiger partial charge in [0.25, 0.3) is 0 Å². The van der Waals surface area contributed by atoms with Crippen molar-refractivity contribution in [3.8, 4) is 0 Å². The Morgan fingerprint density at radius 3 is 3.00 bits per heavy atom. The van der Waals surface area contributed by atoms with E-state index in [-0.39, 0.29) is 0 Å². The molecule has 0 fully saturated rings. The van der Waals surface area contributed by atoms with E-state index in [1.165, 1.54) is 11.1 Å². The summed E-state index contributed by atoms with van der Waals surface area (Å²) in [5.41, 5.74) is 3.91. The second kappa shape index (κ2) is 3.25. The number of pyridine rings is 1. The van der Waals surface area contributed by atoms with Gasteiger partial charge in [-0.05, 0) is 30.5 Å². The summed E-state index contributed by atoms with van der Waals surface area (Å²) >= 11 is 0. The number of aryl methyl sites for hydroxylation is 2. The molecule has 0 N–H and O–H groups in total. The molecule has 0 saturated heterocycles. The van der Waals surface area contributed by atoms with Crippen molar-refractivity contribution in [1.82, 2.24) is 9.38 Å². The molecule has 0 aliphatic rings. The maximum Gasteiger partial charge on any atom is 0.168 e. The molecule has 72 valence electrons. The van der Waals surface area contributed by atoms with Gasteiger partial charge >= 0.3 is 0 Å². The van der Waals surface area contributed by atoms with Crippen LogP contribution in [0.5, 0.6) is 0 Å². The Morgan fingerprint density at radius 1 is 1.57 bits per heavy atom. The normalized spacial score (nSPS) is 10.7. The van der Waals surface area contributed by atoms with Crippen molar-refractivity contribution in [2.75, 3.05) is 0 Å². The minimum absolute atomic E-state index is 0.606. The number of hydrogen-bond acceptors (Lipinski definition) is 2. The molecule has 0 aromatic carbocycles. The summed E-state index contributed by atoms with van der Waals surface area (Å²) in [6.07, 6.45) is 5.38. The Bertz CT molecular complexity index is 485. The fraction of sp³-hybridized carbons (Fsp3) is 0.273. The van der Waals surface area contributed by atoms with Crippen LogP contribution in [0.15, 0.2) is 18.5 Å². The molecule has 0 aliphatic heterocycles. The number of carbonyl (C=O) groups excluding carboxylic acids is 1. The first-order valence-corrected chi connectivity index (χ1v) is 4.68. The van der Waals surface area contributed by atoms with E-state index in [9.17, 15) is 4.79 Å². The van der Waals surface area contributed by atoms with Gasteiger partial charge in [-0.15, -0.1) is 0 Å². The highest BCUT2D eigenvalue weighted by molar-refractivity contribution is 5.74. The largest absolute Gasteiger partial charge is 0.297 e. The lowest BCUT2D eigenvalue weighted by Gasteiger charge is -2.04. The molecule has 14 heavy (non-hydrogen) atoms. The van der Waals surface area contributed by atoms with E-state index in [1.807, 2.05) is 16.7 Å². The second-order valence-corrected chi connectivity index (χ2v) is 3.36. The van der Waals surface area contributed by atoms with Crippen molar-refractivity contribution in [1.29, 1.82) is 0 Å². The van der Waals surface area contributed by atoms with Crippen molar-refractivity contribution < 1.29 is 4.79 Å². The molecule has 0 radical (unpaired) electrons. The van der Waals surface area contributed by atoms with Crippen molar-refractivity contribution in [3.63, 3.8) is 0 Å². The Labute approximate surface area is 82.4 Å². The molecule has 2 aromatic heterocycles. The summed E-state index contributed by atoms with van der Waals surface area (Å²) in [7, 11) is 0. The summed E-state index contributed by atoms with van der Waals surface area (Å²) in [6.45, 7) is 4.17. The zero-order valence-corrected chi connectivity index (χ0v) is 8.32. The van der Waals surface area contributed by atoms with Gasteiger partial charge < -0.3 is 0 Å². The summed E-state index contributed by atoms with van der Waals surface area (Å²) in [5, 5.41) is 0. The lowest BCUT2D eigenvalue weighted by Crippen LogP contribution is -1.96. The average Bonchev–Trinajstić information content (AvgIpc) is 2.58. The van der Waals surface area contributed by atoms with E-state index in [0.29, 0.717) is 5.69 Å². The molecule has 0 amide bonds. The number of hydrogen-bond donors (Lipinski definition) is 0. The number of fused-ring (bicyclic) bond motifs is 1. The van der Waals surface area contributed by atoms with Gasteiger partial charge in [0.15, 0.2) is 6.29 Å². The molecule has 0 atom stereocenters. The van der Waals surface area contributed by atoms with Crippen molar-refractivity contribution in [2.45, 2.75) is 20.3 Å². The fourth-order valence-electron chi connectivity index (χ4n) is 1.64. The van der Waals surface area contributed by atoms with Gasteiger partial charge in [0.05, 0.1) is 6.20 Å². The van der Waals surface area contributed by atoms with Crippen molar-refractivity contribution in [2.24, 2.45) is 0 Å². The third-order valence-corrected chi connectivity index (χ3v) is 2.49. The number of nitrogens with zero attached hydrogens (tertiary/aromatic N) is 2. The topological polar surface area (TPSA) is 34.4 Å². The zero-order valence-electron chi connectivity index (χ0n) is 8.32. The molecule has 3 nitrogen and oxygen atoms in total. The van der Waals surface area contributed by atoms with Crippen LogP contribution in [0.4, 0.5) is 0 Å². The van der Waals surface area contributed by atoms with Crippen LogP contribution < -0.4 is 0 Å². The summed E-state index contributed by atoms with van der Waals surface area (Å²) in [6, 6.07) is 2.01. The number of imidazole rings is 1. The Balaban J connectivity index is 2.76. The lowest BCUT2D eigenvalue weighted by atomic mass is 10.1. The van der Waals surface area contributed by atoms with Crippen LogP contribution in [-0.4, -0.2) is 15.7 Å². The van der Waals surface area contributed by atoms with E-state index in [1.54, 1.807) is 6.20 Å². The van der Waals surface area contributed by atoms with Crippen LogP contribution in [0, 0.1) is 6.92 Å². The molecular formula is C11H12N2O. The van der Waals surface area contributed by atoms with Gasteiger partial charge in [-0.25, -0.2) is 4.98 Å². The van der Waals surface area contributed by atoms with E-state index in [4.69, 9.17) is 0 Å². The summed E-state index contributed by atoms with van der Waals surface area (Å²) in [4.78, 5) is 14.9. The van der Waals surface area contributed by atoms with Crippen molar-refractivity contribution in [3.05, 3.63) is 35.3 Å². The van der Waals surface area contributed by atoms with Crippen LogP contribution in [0.25, 0.3) is 5.65 Å². The third kappa shape index (κ3) is 1.21. The minimum atomic E-state index is 0.606. The SMILES string of the molecule is CCc1cn2c(C=O)cnc2cc1C. The zero-order chi connectivity index (χ0) is 10.1. The molecule has 0 aliphatic carbocycles. The first kappa shape index (κ1) is 8.94. The lowest BCUT2D eigenvalue weighted by molar-refractivity contribution is 0.111. The molecule has 0 spiro atoms. The van der Waals surface area contributed by atoms with Crippen LogP contribution >= 0.6 is 0 Å². The van der Waals surface area contributed by atoms with Gasteiger partial charge in [0.1, 0.15) is 11.3 Å². The average molecular weight is 188 g/mol. The van der Waals surface area contributed by atoms with Gasteiger partial charge in [-0.3, -0.25) is 9.20 Å². The number of rotatable bonds is 2. The summed E-state index contributed by atoms with van der Waals surface area (Å²) < 4.78 is 1.83. The minimum Gasteiger partial charge on any atom is -0.297 e. The Kier molecular flexibility index (Phi) is 2.08. The highest BCUT2D eigenvalue weighted by Gasteiger charge is 2.04. The summed E-state index contributed by atoms with van der Waals surface area (Å²) in [5.74, 6) is 0. The van der Waals surface area contributed by atoms with E-state index in [2.05, 4.69) is 18.8 Å². The molecular weight excluding hydrogens is 176 g/mol. The molecule has 3 heteroatoms. The van der Waals surface area contributed by atoms with Gasteiger partial charge in [-0.1, -0.05) is 6.92 Å². The number of aldehydes is 1. The maximum atomic E-state index is 10.7. The molecule has 0 saturated carbocycles. The first-order valence-electron chi connectivity index (χ1n) is 4.68. The number of carbonyl (C=O) groups is 1. The number of aromatic nitrogens is 2. The molecule has 2 heterocycles. The van der Waals surface area contributed by atoms with Crippen LogP contribution in [-0.2, 0) is 6.42 Å². The third-order valence-electron chi connectivity index (χ3n) is 2.49. The van der Waals surface area contributed by atoms with Gasteiger partial charge in [0.2, 0.25) is 0 Å².